The first-order valence-corrected chi connectivity index (χ1v) is 5.63. The summed E-state index contributed by atoms with van der Waals surface area (Å²) in [6, 6.07) is 9.07. The normalized spacial score (nSPS) is 11.5. The second-order valence-electron chi connectivity index (χ2n) is 4.00. The lowest BCUT2D eigenvalue weighted by molar-refractivity contribution is -0.142. The number of hydrogen-bond acceptors (Lipinski definition) is 4. The summed E-state index contributed by atoms with van der Waals surface area (Å²) in [6.07, 6.45) is 2.15. The summed E-state index contributed by atoms with van der Waals surface area (Å²) in [4.78, 5) is 11.3. The highest BCUT2D eigenvalue weighted by Crippen LogP contribution is 2.18. The molecule has 1 heterocycles. The van der Waals surface area contributed by atoms with Gasteiger partial charge in [0.25, 0.3) is 0 Å². The van der Waals surface area contributed by atoms with Crippen molar-refractivity contribution in [3.63, 3.8) is 0 Å². The fourth-order valence-electron chi connectivity index (χ4n) is 1.77. The van der Waals surface area contributed by atoms with E-state index in [1.165, 1.54) is 7.11 Å². The van der Waals surface area contributed by atoms with Gasteiger partial charge >= 0.3 is 5.97 Å². The van der Waals surface area contributed by atoms with Crippen LogP contribution in [0.2, 0.25) is 0 Å². The molecule has 0 aliphatic carbocycles. The zero-order chi connectivity index (χ0) is 13.0. The number of hydrogen-bond donors (Lipinski definition) is 2. The van der Waals surface area contributed by atoms with Crippen molar-refractivity contribution in [1.29, 1.82) is 0 Å². The van der Waals surface area contributed by atoms with Crippen LogP contribution in [0, 0.1) is 0 Å². The minimum absolute atomic E-state index is 0. The number of rotatable bonds is 4. The maximum Gasteiger partial charge on any atom is 0.322 e. The molecule has 0 radical (unpaired) electrons. The van der Waals surface area contributed by atoms with Gasteiger partial charge in [0.2, 0.25) is 0 Å². The SMILES string of the molecule is COC(=O)C(N)Cc1cccc(-c2ccn[nH]2)c1.Cl. The molecule has 1 aromatic heterocycles. The number of nitrogens with two attached hydrogens (primary N) is 1. The van der Waals surface area contributed by atoms with Gasteiger partial charge in [0.15, 0.2) is 0 Å². The summed E-state index contributed by atoms with van der Waals surface area (Å²) >= 11 is 0. The zero-order valence-corrected chi connectivity index (χ0v) is 11.3. The number of carbonyl (C=O) groups is 1. The fraction of sp³-hybridized carbons (Fsp3) is 0.231. The van der Waals surface area contributed by atoms with Crippen LogP contribution in [0.1, 0.15) is 5.56 Å². The summed E-state index contributed by atoms with van der Waals surface area (Å²) < 4.78 is 4.61. The Kier molecular flexibility index (Phi) is 5.54. The highest BCUT2D eigenvalue weighted by molar-refractivity contribution is 5.85. The minimum Gasteiger partial charge on any atom is -0.468 e. The standard InChI is InChI=1S/C13H15N3O2.ClH/c1-18-13(17)11(14)8-9-3-2-4-10(7-9)12-5-6-15-16-12;/h2-7,11H,8,14H2,1H3,(H,15,16);1H. The number of H-pyrrole nitrogens is 1. The molecule has 2 aromatic rings. The van der Waals surface area contributed by atoms with E-state index in [9.17, 15) is 4.79 Å². The Labute approximate surface area is 117 Å². The Balaban J connectivity index is 0.00000180. The molecule has 0 bridgehead atoms. The van der Waals surface area contributed by atoms with Gasteiger partial charge in [-0.2, -0.15) is 5.10 Å². The fourth-order valence-corrected chi connectivity index (χ4v) is 1.77. The lowest BCUT2D eigenvalue weighted by Gasteiger charge is -2.09. The van der Waals surface area contributed by atoms with E-state index in [4.69, 9.17) is 5.73 Å². The van der Waals surface area contributed by atoms with E-state index in [2.05, 4.69) is 14.9 Å². The minimum atomic E-state index is -0.632. The smallest absolute Gasteiger partial charge is 0.322 e. The number of esters is 1. The number of nitrogens with one attached hydrogen (secondary N) is 1. The van der Waals surface area contributed by atoms with E-state index in [-0.39, 0.29) is 12.4 Å². The molecule has 1 atom stereocenters. The summed E-state index contributed by atoms with van der Waals surface area (Å²) in [5, 5.41) is 6.80. The Morgan fingerprint density at radius 1 is 1.47 bits per heavy atom. The molecule has 3 N–H and O–H groups in total. The molecule has 2 rings (SSSR count). The third kappa shape index (κ3) is 3.81. The molecule has 0 spiro atoms. The van der Waals surface area contributed by atoms with Crippen LogP contribution in [0.4, 0.5) is 0 Å². The van der Waals surface area contributed by atoms with E-state index in [1.807, 2.05) is 30.3 Å². The molecule has 5 nitrogen and oxygen atoms in total. The van der Waals surface area contributed by atoms with Crippen molar-refractivity contribution in [3.8, 4) is 11.3 Å². The van der Waals surface area contributed by atoms with Crippen LogP contribution >= 0.6 is 12.4 Å². The number of methoxy groups -OCH3 is 1. The Hall–Kier alpha value is -1.85. The van der Waals surface area contributed by atoms with Gasteiger partial charge in [-0.1, -0.05) is 18.2 Å². The molecule has 0 aliphatic rings. The second kappa shape index (κ2) is 6.92. The van der Waals surface area contributed by atoms with Crippen LogP contribution in [-0.2, 0) is 16.0 Å². The molecule has 0 aliphatic heterocycles. The third-order valence-electron chi connectivity index (χ3n) is 2.70. The van der Waals surface area contributed by atoms with E-state index in [0.717, 1.165) is 16.8 Å². The second-order valence-corrected chi connectivity index (χ2v) is 4.00. The number of carbonyl (C=O) groups excluding carboxylic acids is 1. The number of aromatic nitrogens is 2. The first kappa shape index (κ1) is 15.2. The maximum absolute atomic E-state index is 11.3. The average Bonchev–Trinajstić information content (AvgIpc) is 2.92. The van der Waals surface area contributed by atoms with E-state index in [1.54, 1.807) is 6.20 Å². The van der Waals surface area contributed by atoms with Crippen LogP contribution in [0.25, 0.3) is 11.3 Å². The number of ether oxygens (including phenoxy) is 1. The average molecular weight is 282 g/mol. The largest absolute Gasteiger partial charge is 0.468 e. The molecule has 6 heteroatoms. The molecular formula is C13H16ClN3O2. The number of aromatic amines is 1. The topological polar surface area (TPSA) is 81.0 Å². The lowest BCUT2D eigenvalue weighted by Crippen LogP contribution is -2.33. The number of benzene rings is 1. The van der Waals surface area contributed by atoms with Crippen molar-refractivity contribution in [3.05, 3.63) is 42.1 Å². The van der Waals surface area contributed by atoms with Gasteiger partial charge in [0, 0.05) is 6.20 Å². The summed E-state index contributed by atoms with van der Waals surface area (Å²) in [7, 11) is 1.34. The van der Waals surface area contributed by atoms with Gasteiger partial charge in [-0.25, -0.2) is 0 Å². The molecule has 0 saturated carbocycles. The molecule has 0 saturated heterocycles. The van der Waals surface area contributed by atoms with Crippen LogP contribution in [0.5, 0.6) is 0 Å². The Morgan fingerprint density at radius 3 is 2.89 bits per heavy atom. The van der Waals surface area contributed by atoms with E-state index >= 15 is 0 Å². The van der Waals surface area contributed by atoms with Crippen LogP contribution in [0.3, 0.4) is 0 Å². The first-order chi connectivity index (χ1) is 8.70. The number of nitrogens with zero attached hydrogens (tertiary/aromatic N) is 1. The molecule has 0 fully saturated rings. The van der Waals surface area contributed by atoms with Crippen molar-refractivity contribution in [2.24, 2.45) is 5.73 Å². The predicted molar refractivity (Wildman–Crippen MR) is 75.0 cm³/mol. The van der Waals surface area contributed by atoms with Crippen molar-refractivity contribution >= 4 is 18.4 Å². The lowest BCUT2D eigenvalue weighted by atomic mass is 10.0. The van der Waals surface area contributed by atoms with Gasteiger partial charge in [0.05, 0.1) is 12.8 Å². The van der Waals surface area contributed by atoms with Gasteiger partial charge < -0.3 is 10.5 Å². The predicted octanol–water partition coefficient (Wildman–Crippen LogP) is 1.54. The van der Waals surface area contributed by atoms with Crippen molar-refractivity contribution < 1.29 is 9.53 Å². The van der Waals surface area contributed by atoms with Crippen LogP contribution in [0.15, 0.2) is 36.5 Å². The summed E-state index contributed by atoms with van der Waals surface area (Å²) in [5.41, 5.74) is 8.67. The monoisotopic (exact) mass is 281 g/mol. The molecule has 1 aromatic carbocycles. The van der Waals surface area contributed by atoms with Gasteiger partial charge in [0.1, 0.15) is 6.04 Å². The molecule has 102 valence electrons. The van der Waals surface area contributed by atoms with Crippen molar-refractivity contribution in [1.82, 2.24) is 10.2 Å². The molecule has 1 unspecified atom stereocenters. The van der Waals surface area contributed by atoms with Gasteiger partial charge in [-0.05, 0) is 29.7 Å². The van der Waals surface area contributed by atoms with Crippen LogP contribution in [-0.4, -0.2) is 29.3 Å². The Morgan fingerprint density at radius 2 is 2.26 bits per heavy atom. The Bertz CT molecular complexity index is 528. The number of halogens is 1. The van der Waals surface area contributed by atoms with E-state index in [0.29, 0.717) is 6.42 Å². The zero-order valence-electron chi connectivity index (χ0n) is 10.5. The molecular weight excluding hydrogens is 266 g/mol. The summed E-state index contributed by atoms with van der Waals surface area (Å²) in [6.45, 7) is 0. The third-order valence-corrected chi connectivity index (χ3v) is 2.70. The summed E-state index contributed by atoms with van der Waals surface area (Å²) in [5.74, 6) is -0.401. The molecule has 0 amide bonds. The van der Waals surface area contributed by atoms with Crippen molar-refractivity contribution in [2.75, 3.05) is 7.11 Å². The quantitative estimate of drug-likeness (QED) is 0.833. The first-order valence-electron chi connectivity index (χ1n) is 5.63. The molecule has 19 heavy (non-hydrogen) atoms. The highest BCUT2D eigenvalue weighted by atomic mass is 35.5. The highest BCUT2D eigenvalue weighted by Gasteiger charge is 2.14. The van der Waals surface area contributed by atoms with Gasteiger partial charge in [-0.3, -0.25) is 9.89 Å². The van der Waals surface area contributed by atoms with Gasteiger partial charge in [-0.15, -0.1) is 12.4 Å². The van der Waals surface area contributed by atoms with E-state index < -0.39 is 12.0 Å². The maximum atomic E-state index is 11.3. The van der Waals surface area contributed by atoms with Crippen LogP contribution < -0.4 is 5.73 Å². The van der Waals surface area contributed by atoms with Crippen molar-refractivity contribution in [2.45, 2.75) is 12.5 Å².